The molecule has 0 unspecified atom stereocenters. The summed E-state index contributed by atoms with van der Waals surface area (Å²) in [5, 5.41) is 3.09. The van der Waals surface area contributed by atoms with Crippen LogP contribution in [0.15, 0.2) is 54.6 Å². The monoisotopic (exact) mass is 608 g/mol. The number of unbranched alkanes of at least 4 members (excludes halogenated alkanes) is 2. The van der Waals surface area contributed by atoms with Gasteiger partial charge in [-0.2, -0.15) is 0 Å². The summed E-state index contributed by atoms with van der Waals surface area (Å²) in [5.41, 5.74) is 13.0. The average molecular weight is 609 g/mol. The molecule has 2 aromatic carbocycles. The predicted octanol–water partition coefficient (Wildman–Crippen LogP) is 2.15. The molecular formula is C33H48N6O5. The van der Waals surface area contributed by atoms with Gasteiger partial charge in [0.15, 0.2) is 5.78 Å². The summed E-state index contributed by atoms with van der Waals surface area (Å²) < 4.78 is 0. The first kappa shape index (κ1) is 36.1. The molecule has 240 valence electrons. The number of nitrogens with one attached hydrogen (secondary N) is 1. The van der Waals surface area contributed by atoms with Crippen LogP contribution in [-0.4, -0.2) is 103 Å². The van der Waals surface area contributed by atoms with Crippen molar-refractivity contribution in [1.29, 1.82) is 0 Å². The van der Waals surface area contributed by atoms with Crippen LogP contribution >= 0.6 is 0 Å². The van der Waals surface area contributed by atoms with Gasteiger partial charge in [0.05, 0.1) is 26.2 Å². The minimum atomic E-state index is -0.346. The molecule has 11 heteroatoms. The van der Waals surface area contributed by atoms with E-state index in [-0.39, 0.29) is 55.6 Å². The van der Waals surface area contributed by atoms with E-state index in [1.165, 1.54) is 14.7 Å². The fourth-order valence-electron chi connectivity index (χ4n) is 4.60. The molecule has 0 fully saturated rings. The molecular weight excluding hydrogens is 560 g/mol. The number of carbonyl (C=O) groups is 5. The molecule has 11 nitrogen and oxygen atoms in total. The van der Waals surface area contributed by atoms with E-state index >= 15 is 0 Å². The van der Waals surface area contributed by atoms with Gasteiger partial charge >= 0.3 is 0 Å². The summed E-state index contributed by atoms with van der Waals surface area (Å²) in [5.74, 6) is -0.926. The number of hydrogen-bond acceptors (Lipinski definition) is 8. The van der Waals surface area contributed by atoms with Crippen LogP contribution in [0.5, 0.6) is 0 Å². The van der Waals surface area contributed by atoms with E-state index in [9.17, 15) is 24.0 Å². The van der Waals surface area contributed by atoms with Crippen molar-refractivity contribution >= 4 is 35.5 Å². The highest BCUT2D eigenvalue weighted by Gasteiger charge is 2.25. The Hall–Kier alpha value is -4.09. The van der Waals surface area contributed by atoms with Crippen molar-refractivity contribution in [2.75, 3.05) is 64.2 Å². The van der Waals surface area contributed by atoms with Gasteiger partial charge < -0.3 is 36.3 Å². The van der Waals surface area contributed by atoms with E-state index in [2.05, 4.69) is 5.32 Å². The molecule has 0 atom stereocenters. The predicted molar refractivity (Wildman–Crippen MR) is 172 cm³/mol. The summed E-state index contributed by atoms with van der Waals surface area (Å²) in [6.07, 6.45) is 3.34. The van der Waals surface area contributed by atoms with Crippen LogP contribution in [0, 0.1) is 5.92 Å². The van der Waals surface area contributed by atoms with Gasteiger partial charge in [-0.05, 0) is 69.0 Å². The molecule has 2 rings (SSSR count). The van der Waals surface area contributed by atoms with E-state index < -0.39 is 0 Å². The number of nitrogens with two attached hydrogens (primary N) is 2. The molecule has 0 aliphatic rings. The molecule has 0 aromatic heterocycles. The number of ketones is 1. The summed E-state index contributed by atoms with van der Waals surface area (Å²) in [4.78, 5) is 68.1. The normalized spacial score (nSPS) is 10.8. The molecule has 0 saturated carbocycles. The van der Waals surface area contributed by atoms with Crippen molar-refractivity contribution in [3.63, 3.8) is 0 Å². The first-order chi connectivity index (χ1) is 21.2. The summed E-state index contributed by atoms with van der Waals surface area (Å²) in [7, 11) is 0. The van der Waals surface area contributed by atoms with Crippen molar-refractivity contribution in [1.82, 2.24) is 14.7 Å². The molecule has 3 amide bonds. The second kappa shape index (κ2) is 20.0. The topological polar surface area (TPSA) is 159 Å². The van der Waals surface area contributed by atoms with Gasteiger partial charge in [-0.25, -0.2) is 0 Å². The van der Waals surface area contributed by atoms with Gasteiger partial charge in [0, 0.05) is 36.4 Å². The molecule has 0 spiro atoms. The van der Waals surface area contributed by atoms with Crippen LogP contribution in [-0.2, 0) is 19.2 Å². The molecule has 0 saturated heterocycles. The Morgan fingerprint density at radius 2 is 1.27 bits per heavy atom. The highest BCUT2D eigenvalue weighted by Crippen LogP contribution is 2.14. The second-order valence-corrected chi connectivity index (χ2v) is 11.1. The molecule has 2 aromatic rings. The number of nitrogens with zero attached hydrogens (tertiary/aromatic N) is 3. The zero-order chi connectivity index (χ0) is 32.3. The highest BCUT2D eigenvalue weighted by molar-refractivity contribution is 6.09. The van der Waals surface area contributed by atoms with Crippen molar-refractivity contribution < 1.29 is 24.0 Å². The van der Waals surface area contributed by atoms with Crippen molar-refractivity contribution in [3.05, 3.63) is 65.7 Å². The third-order valence-corrected chi connectivity index (χ3v) is 6.98. The molecule has 0 bridgehead atoms. The maximum Gasteiger partial charge on any atom is 0.242 e. The lowest BCUT2D eigenvalue weighted by molar-refractivity contribution is -0.144. The Balaban J connectivity index is 2.07. The molecule has 0 radical (unpaired) electrons. The summed E-state index contributed by atoms with van der Waals surface area (Å²) in [6, 6.07) is 15.9. The van der Waals surface area contributed by atoms with Crippen molar-refractivity contribution in [2.45, 2.75) is 39.5 Å². The van der Waals surface area contributed by atoms with Gasteiger partial charge in [-0.15, -0.1) is 0 Å². The fourth-order valence-corrected chi connectivity index (χ4v) is 4.60. The summed E-state index contributed by atoms with van der Waals surface area (Å²) in [6.45, 7) is 5.45. The molecule has 0 aliphatic carbocycles. The molecule has 5 N–H and O–H groups in total. The van der Waals surface area contributed by atoms with Gasteiger partial charge in [-0.1, -0.05) is 44.2 Å². The maximum atomic E-state index is 13.5. The van der Waals surface area contributed by atoms with Crippen LogP contribution in [0.2, 0.25) is 0 Å². The minimum Gasteiger partial charge on any atom is -0.376 e. The van der Waals surface area contributed by atoms with E-state index in [4.69, 9.17) is 11.5 Å². The lowest BCUT2D eigenvalue weighted by Gasteiger charge is -2.30. The molecule has 44 heavy (non-hydrogen) atoms. The van der Waals surface area contributed by atoms with E-state index in [1.807, 2.05) is 32.0 Å². The van der Waals surface area contributed by atoms with E-state index in [0.29, 0.717) is 75.1 Å². The zero-order valence-corrected chi connectivity index (χ0v) is 26.1. The average Bonchev–Trinajstić information content (AvgIpc) is 3.02. The van der Waals surface area contributed by atoms with Crippen LogP contribution < -0.4 is 16.8 Å². The van der Waals surface area contributed by atoms with E-state index in [0.717, 1.165) is 6.42 Å². The van der Waals surface area contributed by atoms with Crippen molar-refractivity contribution in [3.8, 4) is 0 Å². The summed E-state index contributed by atoms with van der Waals surface area (Å²) >= 11 is 0. The number of carbonyl (C=O) groups excluding carboxylic acids is 5. The van der Waals surface area contributed by atoms with Crippen LogP contribution in [0.1, 0.15) is 55.5 Å². The first-order valence-corrected chi connectivity index (χ1v) is 15.3. The Labute approximate surface area is 260 Å². The highest BCUT2D eigenvalue weighted by atomic mass is 16.2. The largest absolute Gasteiger partial charge is 0.376 e. The number of anilines is 1. The third-order valence-electron chi connectivity index (χ3n) is 6.98. The standard InChI is InChI=1S/C33H48N6O5/c1-26(2)23-39(30(41)22-36-29-14-12-28(13-15-29)33(44)27-10-4-3-5-11-27)25-32(43)38(19-9-7-17-35)24-31(42)37(20-21-40)18-8-6-16-34/h3-5,10-15,21,26,36H,6-9,16-20,22-25,34-35H2,1-2H3. The maximum absolute atomic E-state index is 13.5. The number of aldehydes is 1. The Kier molecular flexibility index (Phi) is 16.4. The number of rotatable bonds is 21. The van der Waals surface area contributed by atoms with E-state index in [1.54, 1.807) is 36.4 Å². The Morgan fingerprint density at radius 3 is 1.84 bits per heavy atom. The lowest BCUT2D eigenvalue weighted by Crippen LogP contribution is -2.49. The first-order valence-electron chi connectivity index (χ1n) is 15.3. The van der Waals surface area contributed by atoms with Gasteiger partial charge in [0.25, 0.3) is 0 Å². The van der Waals surface area contributed by atoms with Gasteiger partial charge in [0.1, 0.15) is 6.29 Å². The fraction of sp³-hybridized carbons (Fsp3) is 0.485. The third kappa shape index (κ3) is 12.6. The van der Waals surface area contributed by atoms with Crippen LogP contribution in [0.25, 0.3) is 0 Å². The van der Waals surface area contributed by atoms with Crippen molar-refractivity contribution in [2.24, 2.45) is 17.4 Å². The second-order valence-electron chi connectivity index (χ2n) is 11.1. The number of hydrogen-bond donors (Lipinski definition) is 3. The zero-order valence-electron chi connectivity index (χ0n) is 26.1. The molecule has 0 heterocycles. The van der Waals surface area contributed by atoms with Gasteiger partial charge in [-0.3, -0.25) is 19.2 Å². The molecule has 0 aliphatic heterocycles. The lowest BCUT2D eigenvalue weighted by atomic mass is 10.0. The SMILES string of the molecule is CC(C)CN(CC(=O)N(CCCCN)CC(=O)N(CC=O)CCCCN)C(=O)CNc1ccc(C(=O)c2ccccc2)cc1. The van der Waals surface area contributed by atoms with Gasteiger partial charge in [0.2, 0.25) is 17.7 Å². The number of amides is 3. The van der Waals surface area contributed by atoms with Crippen LogP contribution in [0.4, 0.5) is 5.69 Å². The quantitative estimate of drug-likeness (QED) is 0.110. The Bertz CT molecular complexity index is 1190. The smallest absolute Gasteiger partial charge is 0.242 e. The minimum absolute atomic E-state index is 0.0493. The number of benzene rings is 2. The Morgan fingerprint density at radius 1 is 0.727 bits per heavy atom. The van der Waals surface area contributed by atoms with Crippen LogP contribution in [0.3, 0.4) is 0 Å².